The molecule has 3 amide bonds. The number of benzene rings is 1. The van der Waals surface area contributed by atoms with Crippen LogP contribution in [0, 0.1) is 11.3 Å². The molecular formula is C26H37N3O6. The molecule has 2 heterocycles. The molecule has 3 atom stereocenters. The fourth-order valence-electron chi connectivity index (χ4n) is 5.10. The van der Waals surface area contributed by atoms with E-state index in [0.717, 1.165) is 12.8 Å². The molecule has 2 aliphatic rings. The summed E-state index contributed by atoms with van der Waals surface area (Å²) in [7, 11) is 0. The van der Waals surface area contributed by atoms with Gasteiger partial charge in [0.15, 0.2) is 0 Å². The SMILES string of the molecule is CC1(C)CCCN(C(=O)C2CC(C(=O)O)N(C(=O)CNC(=O)OC(C)(C)C)C2c2ccccc2)C1. The van der Waals surface area contributed by atoms with Gasteiger partial charge >= 0.3 is 12.1 Å². The second-order valence-corrected chi connectivity index (χ2v) is 11.2. The molecule has 3 unspecified atom stereocenters. The Balaban J connectivity index is 1.90. The molecule has 0 bridgehead atoms. The van der Waals surface area contributed by atoms with Gasteiger partial charge in [-0.05, 0) is 51.0 Å². The molecule has 0 radical (unpaired) electrons. The smallest absolute Gasteiger partial charge is 0.408 e. The van der Waals surface area contributed by atoms with Crippen molar-refractivity contribution in [2.24, 2.45) is 11.3 Å². The third kappa shape index (κ3) is 6.52. The van der Waals surface area contributed by atoms with Gasteiger partial charge in [0.2, 0.25) is 11.8 Å². The Bertz CT molecular complexity index is 956. The lowest BCUT2D eigenvalue weighted by Gasteiger charge is -2.40. The van der Waals surface area contributed by atoms with Crippen LogP contribution in [0.5, 0.6) is 0 Å². The zero-order valence-corrected chi connectivity index (χ0v) is 21.2. The summed E-state index contributed by atoms with van der Waals surface area (Å²) >= 11 is 0. The summed E-state index contributed by atoms with van der Waals surface area (Å²) in [6.07, 6.45) is 1.15. The molecule has 0 spiro atoms. The second-order valence-electron chi connectivity index (χ2n) is 11.2. The molecule has 9 nitrogen and oxygen atoms in total. The number of nitrogens with one attached hydrogen (secondary N) is 1. The summed E-state index contributed by atoms with van der Waals surface area (Å²) in [6, 6.07) is 7.11. The number of alkyl carbamates (subject to hydrolysis) is 1. The molecule has 1 aromatic carbocycles. The van der Waals surface area contributed by atoms with Crippen LogP contribution in [0.3, 0.4) is 0 Å². The fraction of sp³-hybridized carbons (Fsp3) is 0.615. The van der Waals surface area contributed by atoms with Crippen molar-refractivity contribution in [3.8, 4) is 0 Å². The van der Waals surface area contributed by atoms with Gasteiger partial charge in [-0.1, -0.05) is 44.2 Å². The second kappa shape index (κ2) is 10.3. The van der Waals surface area contributed by atoms with Crippen LogP contribution in [0.1, 0.15) is 65.5 Å². The minimum Gasteiger partial charge on any atom is -0.480 e. The predicted octanol–water partition coefficient (Wildman–Crippen LogP) is 3.20. The highest BCUT2D eigenvalue weighted by Gasteiger charge is 2.51. The maximum Gasteiger partial charge on any atom is 0.408 e. The van der Waals surface area contributed by atoms with E-state index in [2.05, 4.69) is 19.2 Å². The van der Waals surface area contributed by atoms with E-state index in [1.807, 2.05) is 11.0 Å². The minimum atomic E-state index is -1.18. The summed E-state index contributed by atoms with van der Waals surface area (Å²) in [5.41, 5.74) is -0.0682. The first-order valence-corrected chi connectivity index (χ1v) is 12.1. The highest BCUT2D eigenvalue weighted by Crippen LogP contribution is 2.43. The lowest BCUT2D eigenvalue weighted by molar-refractivity contribution is -0.149. The Kier molecular flexibility index (Phi) is 7.77. The number of piperidine rings is 1. The summed E-state index contributed by atoms with van der Waals surface area (Å²) in [4.78, 5) is 54.5. The third-order valence-electron chi connectivity index (χ3n) is 6.52. The zero-order chi connectivity index (χ0) is 26.0. The van der Waals surface area contributed by atoms with E-state index in [0.29, 0.717) is 18.7 Å². The topological polar surface area (TPSA) is 116 Å². The Morgan fingerprint density at radius 2 is 1.80 bits per heavy atom. The van der Waals surface area contributed by atoms with E-state index in [1.54, 1.807) is 45.0 Å². The van der Waals surface area contributed by atoms with E-state index in [1.165, 1.54) is 4.90 Å². The molecule has 2 saturated heterocycles. The average molecular weight is 488 g/mol. The molecule has 0 aliphatic carbocycles. The Morgan fingerprint density at radius 3 is 2.37 bits per heavy atom. The first-order chi connectivity index (χ1) is 16.3. The van der Waals surface area contributed by atoms with Crippen molar-refractivity contribution >= 4 is 23.9 Å². The van der Waals surface area contributed by atoms with Gasteiger partial charge < -0.3 is 25.0 Å². The van der Waals surface area contributed by atoms with E-state index >= 15 is 0 Å². The molecule has 0 aromatic heterocycles. The molecule has 35 heavy (non-hydrogen) atoms. The standard InChI is InChI=1S/C26H37N3O6/c1-25(2,3)35-24(34)27-15-20(30)29-19(23(32)33)14-18(21(29)17-10-7-6-8-11-17)22(31)28-13-9-12-26(4,5)16-28/h6-8,10-11,18-19,21H,9,12-16H2,1-5H3,(H,27,34)(H,32,33). The number of carboxylic acid groups (broad SMARTS) is 1. The van der Waals surface area contributed by atoms with E-state index in [-0.39, 0.29) is 17.7 Å². The molecule has 192 valence electrons. The first kappa shape index (κ1) is 26.5. The van der Waals surface area contributed by atoms with Crippen LogP contribution in [-0.2, 0) is 19.1 Å². The van der Waals surface area contributed by atoms with Crippen molar-refractivity contribution in [2.45, 2.75) is 71.6 Å². The normalized spacial score (nSPS) is 24.1. The number of carboxylic acids is 1. The van der Waals surface area contributed by atoms with E-state index < -0.39 is 48.1 Å². The molecule has 2 fully saturated rings. The average Bonchev–Trinajstić information content (AvgIpc) is 3.17. The van der Waals surface area contributed by atoms with Gasteiger partial charge in [0.1, 0.15) is 18.2 Å². The van der Waals surface area contributed by atoms with Gasteiger partial charge in [0.05, 0.1) is 12.0 Å². The number of hydrogen-bond acceptors (Lipinski definition) is 5. The summed E-state index contributed by atoms with van der Waals surface area (Å²) < 4.78 is 5.20. The monoisotopic (exact) mass is 487 g/mol. The van der Waals surface area contributed by atoms with Crippen LogP contribution >= 0.6 is 0 Å². The van der Waals surface area contributed by atoms with Crippen LogP contribution in [-0.4, -0.2) is 70.1 Å². The Labute approximate surface area is 206 Å². The highest BCUT2D eigenvalue weighted by atomic mass is 16.6. The summed E-state index contributed by atoms with van der Waals surface area (Å²) in [5.74, 6) is -2.58. The van der Waals surface area contributed by atoms with Gasteiger partial charge in [-0.15, -0.1) is 0 Å². The number of carbonyl (C=O) groups excluding carboxylic acids is 3. The number of amides is 3. The Morgan fingerprint density at radius 1 is 1.14 bits per heavy atom. The molecule has 3 rings (SSSR count). The molecule has 2 N–H and O–H groups in total. The van der Waals surface area contributed by atoms with E-state index in [4.69, 9.17) is 4.74 Å². The van der Waals surface area contributed by atoms with Gasteiger partial charge in [-0.3, -0.25) is 9.59 Å². The van der Waals surface area contributed by atoms with Gasteiger partial charge in [0.25, 0.3) is 0 Å². The molecule has 2 aliphatic heterocycles. The van der Waals surface area contributed by atoms with Crippen molar-refractivity contribution < 1.29 is 29.0 Å². The van der Waals surface area contributed by atoms with Crippen LogP contribution < -0.4 is 5.32 Å². The maximum atomic E-state index is 13.7. The van der Waals surface area contributed by atoms with Gasteiger partial charge in [0, 0.05) is 13.1 Å². The number of rotatable bonds is 5. The number of likely N-dealkylation sites (tertiary alicyclic amines) is 2. The van der Waals surface area contributed by atoms with Gasteiger partial charge in [-0.25, -0.2) is 9.59 Å². The van der Waals surface area contributed by atoms with E-state index in [9.17, 15) is 24.3 Å². The lowest BCUT2D eigenvalue weighted by Crippen LogP contribution is -2.49. The number of aliphatic carboxylic acids is 1. The summed E-state index contributed by atoms with van der Waals surface area (Å²) in [5, 5.41) is 12.4. The predicted molar refractivity (Wildman–Crippen MR) is 129 cm³/mol. The Hall–Kier alpha value is -3.10. The quantitative estimate of drug-likeness (QED) is 0.659. The molecule has 0 saturated carbocycles. The van der Waals surface area contributed by atoms with Gasteiger partial charge in [-0.2, -0.15) is 0 Å². The zero-order valence-electron chi connectivity index (χ0n) is 21.2. The van der Waals surface area contributed by atoms with Crippen LogP contribution in [0.25, 0.3) is 0 Å². The largest absolute Gasteiger partial charge is 0.480 e. The summed E-state index contributed by atoms with van der Waals surface area (Å²) in [6.45, 7) is 10.1. The third-order valence-corrected chi connectivity index (χ3v) is 6.52. The lowest BCUT2D eigenvalue weighted by atomic mass is 9.83. The van der Waals surface area contributed by atoms with Crippen LogP contribution in [0.2, 0.25) is 0 Å². The van der Waals surface area contributed by atoms with Crippen LogP contribution in [0.15, 0.2) is 30.3 Å². The van der Waals surface area contributed by atoms with Crippen molar-refractivity contribution in [2.75, 3.05) is 19.6 Å². The number of nitrogens with zero attached hydrogens (tertiary/aromatic N) is 2. The number of carbonyl (C=O) groups is 4. The molecule has 9 heteroatoms. The van der Waals surface area contributed by atoms with Crippen LogP contribution in [0.4, 0.5) is 4.79 Å². The van der Waals surface area contributed by atoms with Crippen molar-refractivity contribution in [3.05, 3.63) is 35.9 Å². The first-order valence-electron chi connectivity index (χ1n) is 12.1. The molecular weight excluding hydrogens is 450 g/mol. The number of ether oxygens (including phenoxy) is 1. The van der Waals surface area contributed by atoms with Crippen molar-refractivity contribution in [1.82, 2.24) is 15.1 Å². The van der Waals surface area contributed by atoms with Crippen molar-refractivity contribution in [3.63, 3.8) is 0 Å². The highest BCUT2D eigenvalue weighted by molar-refractivity contribution is 5.91. The van der Waals surface area contributed by atoms with Crippen molar-refractivity contribution in [1.29, 1.82) is 0 Å². The minimum absolute atomic E-state index is 0.0167. The number of hydrogen-bond donors (Lipinski definition) is 2. The maximum absolute atomic E-state index is 13.7. The fourth-order valence-corrected chi connectivity index (χ4v) is 5.10. The molecule has 1 aromatic rings.